The monoisotopic (exact) mass is 404 g/mol. The third kappa shape index (κ3) is 9.15. The van der Waals surface area contributed by atoms with E-state index >= 15 is 0 Å². The summed E-state index contributed by atoms with van der Waals surface area (Å²) < 4.78 is 5.81. The molecule has 1 aliphatic heterocycles. The Bertz CT molecular complexity index is 574. The Kier molecular flexibility index (Phi) is 11.1. The number of hydrogen-bond donors (Lipinski definition) is 3. The van der Waals surface area contributed by atoms with Crippen molar-refractivity contribution in [3.63, 3.8) is 0 Å². The molecule has 0 radical (unpaired) electrons. The maximum absolute atomic E-state index is 10.3. The Labute approximate surface area is 176 Å². The molecule has 2 atom stereocenters. The van der Waals surface area contributed by atoms with Crippen molar-refractivity contribution in [3.8, 4) is 0 Å². The highest BCUT2D eigenvalue weighted by Gasteiger charge is 2.19. The molecule has 0 aromatic heterocycles. The molecule has 1 saturated heterocycles. The van der Waals surface area contributed by atoms with Crippen LogP contribution in [0, 0.1) is 0 Å². The lowest BCUT2D eigenvalue weighted by molar-refractivity contribution is 0.00111. The molecule has 2 unspecified atom stereocenters. The molecule has 6 nitrogen and oxygen atoms in total. The number of rotatable bonds is 11. The van der Waals surface area contributed by atoms with Crippen LogP contribution in [0.1, 0.15) is 58.1 Å². The topological polar surface area (TPSA) is 69.1 Å². The first kappa shape index (κ1) is 23.6. The van der Waals surface area contributed by atoms with E-state index in [0.717, 1.165) is 44.0 Å². The van der Waals surface area contributed by atoms with Crippen molar-refractivity contribution in [1.29, 1.82) is 0 Å². The quantitative estimate of drug-likeness (QED) is 0.391. The van der Waals surface area contributed by atoms with E-state index in [1.54, 1.807) is 0 Å². The summed E-state index contributed by atoms with van der Waals surface area (Å²) >= 11 is 0. The van der Waals surface area contributed by atoms with Crippen molar-refractivity contribution in [2.24, 2.45) is 4.99 Å². The molecule has 0 aliphatic carbocycles. The van der Waals surface area contributed by atoms with Gasteiger partial charge in [0.15, 0.2) is 5.96 Å². The van der Waals surface area contributed by atoms with Gasteiger partial charge in [-0.15, -0.1) is 0 Å². The van der Waals surface area contributed by atoms with Crippen LogP contribution in [0.15, 0.2) is 35.3 Å². The Morgan fingerprint density at radius 1 is 1.24 bits per heavy atom. The number of nitrogens with one attached hydrogen (secondary N) is 2. The summed E-state index contributed by atoms with van der Waals surface area (Å²) in [5.41, 5.74) is 1.11. The Morgan fingerprint density at radius 2 is 1.97 bits per heavy atom. The number of hydrogen-bond acceptors (Lipinski definition) is 4. The van der Waals surface area contributed by atoms with Crippen LogP contribution in [0.4, 0.5) is 0 Å². The third-order valence-corrected chi connectivity index (χ3v) is 5.37. The average Bonchev–Trinajstić information content (AvgIpc) is 2.76. The molecule has 1 aliphatic rings. The molecule has 1 heterocycles. The second-order valence-corrected chi connectivity index (χ2v) is 7.87. The number of piperidine rings is 1. The Balaban J connectivity index is 1.73. The smallest absolute Gasteiger partial charge is 0.191 e. The normalized spacial score (nSPS) is 18.4. The third-order valence-electron chi connectivity index (χ3n) is 5.37. The molecule has 0 spiro atoms. The van der Waals surface area contributed by atoms with Crippen LogP contribution < -0.4 is 10.6 Å². The molecule has 6 heteroatoms. The number of aliphatic hydroxyl groups is 1. The number of nitrogens with zero attached hydrogens (tertiary/aromatic N) is 2. The first-order valence-corrected chi connectivity index (χ1v) is 11.2. The minimum Gasteiger partial charge on any atom is -0.389 e. The van der Waals surface area contributed by atoms with E-state index in [1.807, 2.05) is 37.3 Å². The first-order chi connectivity index (χ1) is 14.1. The fraction of sp³-hybridized carbons (Fsp3) is 0.696. The molecule has 164 valence electrons. The van der Waals surface area contributed by atoms with Crippen LogP contribution in [0.5, 0.6) is 0 Å². The molecule has 2 rings (SSSR count). The summed E-state index contributed by atoms with van der Waals surface area (Å²) in [7, 11) is 0. The molecule has 29 heavy (non-hydrogen) atoms. The number of likely N-dealkylation sites (tertiary alicyclic amines) is 1. The van der Waals surface area contributed by atoms with E-state index in [0.29, 0.717) is 12.6 Å². The highest BCUT2D eigenvalue weighted by Crippen LogP contribution is 2.16. The highest BCUT2D eigenvalue weighted by molar-refractivity contribution is 5.80. The number of aliphatic imine (C=N–C) groups is 1. The van der Waals surface area contributed by atoms with Gasteiger partial charge in [0.05, 0.1) is 25.4 Å². The lowest BCUT2D eigenvalue weighted by Crippen LogP contribution is -2.49. The molecule has 0 saturated carbocycles. The van der Waals surface area contributed by atoms with Gasteiger partial charge < -0.3 is 25.4 Å². The SMILES string of the molecule is CCCCN1CCC(NC(=NCC(O)COC(C)c2ccccc2)NCC)CC1. The lowest BCUT2D eigenvalue weighted by atomic mass is 10.0. The Hall–Kier alpha value is -1.63. The Morgan fingerprint density at radius 3 is 2.62 bits per heavy atom. The van der Waals surface area contributed by atoms with Crippen molar-refractivity contribution in [2.45, 2.75) is 64.7 Å². The van der Waals surface area contributed by atoms with E-state index < -0.39 is 6.10 Å². The number of ether oxygens (including phenoxy) is 1. The molecule has 0 bridgehead atoms. The van der Waals surface area contributed by atoms with Gasteiger partial charge in [0.2, 0.25) is 0 Å². The van der Waals surface area contributed by atoms with Crippen LogP contribution in [-0.2, 0) is 4.74 Å². The van der Waals surface area contributed by atoms with Gasteiger partial charge in [0.1, 0.15) is 0 Å². The van der Waals surface area contributed by atoms with E-state index in [9.17, 15) is 5.11 Å². The fourth-order valence-electron chi connectivity index (χ4n) is 3.52. The van der Waals surface area contributed by atoms with Gasteiger partial charge >= 0.3 is 0 Å². The van der Waals surface area contributed by atoms with E-state index in [4.69, 9.17) is 4.74 Å². The van der Waals surface area contributed by atoms with Crippen LogP contribution in [0.2, 0.25) is 0 Å². The van der Waals surface area contributed by atoms with Gasteiger partial charge in [0, 0.05) is 25.7 Å². The van der Waals surface area contributed by atoms with Crippen LogP contribution >= 0.6 is 0 Å². The highest BCUT2D eigenvalue weighted by atomic mass is 16.5. The first-order valence-electron chi connectivity index (χ1n) is 11.2. The van der Waals surface area contributed by atoms with Crippen LogP contribution in [0.25, 0.3) is 0 Å². The van der Waals surface area contributed by atoms with Crippen molar-refractivity contribution < 1.29 is 9.84 Å². The number of guanidine groups is 1. The number of benzene rings is 1. The predicted molar refractivity (Wildman–Crippen MR) is 120 cm³/mol. The van der Waals surface area contributed by atoms with Gasteiger partial charge in [-0.05, 0) is 45.2 Å². The zero-order valence-electron chi connectivity index (χ0n) is 18.4. The standard InChI is InChI=1S/C23H40N4O2/c1-4-6-14-27-15-12-21(13-16-27)26-23(24-5-2)25-17-22(28)18-29-19(3)20-10-8-7-9-11-20/h7-11,19,21-22,28H,4-6,12-18H2,1-3H3,(H2,24,25,26). The minimum atomic E-state index is -0.618. The maximum atomic E-state index is 10.3. The predicted octanol–water partition coefficient (Wildman–Crippen LogP) is 2.94. The summed E-state index contributed by atoms with van der Waals surface area (Å²) in [6.45, 7) is 11.2. The molecule has 1 aromatic rings. The second-order valence-electron chi connectivity index (χ2n) is 7.87. The largest absolute Gasteiger partial charge is 0.389 e. The summed E-state index contributed by atoms with van der Waals surface area (Å²) in [5, 5.41) is 17.1. The van der Waals surface area contributed by atoms with E-state index in [1.165, 1.54) is 19.4 Å². The van der Waals surface area contributed by atoms with Crippen molar-refractivity contribution in [3.05, 3.63) is 35.9 Å². The molecule has 1 aromatic carbocycles. The summed E-state index contributed by atoms with van der Waals surface area (Å²) in [6, 6.07) is 10.5. The van der Waals surface area contributed by atoms with Crippen LogP contribution in [0.3, 0.4) is 0 Å². The minimum absolute atomic E-state index is 0.0425. The van der Waals surface area contributed by atoms with E-state index in [2.05, 4.69) is 34.4 Å². The summed E-state index contributed by atoms with van der Waals surface area (Å²) in [6.07, 6.45) is 4.14. The van der Waals surface area contributed by atoms with Crippen molar-refractivity contribution in [1.82, 2.24) is 15.5 Å². The molecular formula is C23H40N4O2. The maximum Gasteiger partial charge on any atom is 0.191 e. The number of unbranched alkanes of at least 4 members (excludes halogenated alkanes) is 1. The van der Waals surface area contributed by atoms with E-state index in [-0.39, 0.29) is 12.7 Å². The van der Waals surface area contributed by atoms with Crippen molar-refractivity contribution in [2.75, 3.05) is 39.3 Å². The molecular weight excluding hydrogens is 364 g/mol. The lowest BCUT2D eigenvalue weighted by Gasteiger charge is -2.33. The van der Waals surface area contributed by atoms with Gasteiger partial charge in [0.25, 0.3) is 0 Å². The summed E-state index contributed by atoms with van der Waals surface area (Å²) in [4.78, 5) is 7.13. The fourth-order valence-corrected chi connectivity index (χ4v) is 3.52. The zero-order chi connectivity index (χ0) is 20.9. The van der Waals surface area contributed by atoms with Gasteiger partial charge in [-0.2, -0.15) is 0 Å². The van der Waals surface area contributed by atoms with Crippen LogP contribution in [-0.4, -0.2) is 67.4 Å². The number of aliphatic hydroxyl groups excluding tert-OH is 1. The van der Waals surface area contributed by atoms with Gasteiger partial charge in [-0.1, -0.05) is 43.7 Å². The molecule has 1 fully saturated rings. The van der Waals surface area contributed by atoms with Gasteiger partial charge in [-0.3, -0.25) is 4.99 Å². The van der Waals surface area contributed by atoms with Crippen molar-refractivity contribution >= 4 is 5.96 Å². The molecule has 3 N–H and O–H groups in total. The molecule has 0 amide bonds. The summed E-state index contributed by atoms with van der Waals surface area (Å²) in [5.74, 6) is 0.787. The second kappa shape index (κ2) is 13.6. The average molecular weight is 405 g/mol. The zero-order valence-corrected chi connectivity index (χ0v) is 18.4. The van der Waals surface area contributed by atoms with Gasteiger partial charge in [-0.25, -0.2) is 0 Å².